The van der Waals surface area contributed by atoms with E-state index in [2.05, 4.69) is 9.99 Å². The Morgan fingerprint density at radius 1 is 1.52 bits per heavy atom. The normalized spacial score (nSPS) is 15.8. The fraction of sp³-hybridized carbons (Fsp3) is 0.231. The van der Waals surface area contributed by atoms with Gasteiger partial charge in [0.1, 0.15) is 0 Å². The molecule has 8 nitrogen and oxygen atoms in total. The van der Waals surface area contributed by atoms with Crippen LogP contribution in [-0.4, -0.2) is 28.3 Å². The van der Waals surface area contributed by atoms with E-state index in [0.717, 1.165) is 6.07 Å². The number of ether oxygens (including phenoxy) is 1. The molecule has 0 aliphatic carbocycles. The molecule has 8 heteroatoms. The number of phenolic OH excluding ortho intramolecular Hbond substituents is 1. The van der Waals surface area contributed by atoms with Crippen LogP contribution >= 0.6 is 0 Å². The van der Waals surface area contributed by atoms with Crippen LogP contribution in [0.5, 0.6) is 11.5 Å². The third-order valence-corrected chi connectivity index (χ3v) is 2.76. The van der Waals surface area contributed by atoms with Gasteiger partial charge in [0, 0.05) is 6.07 Å². The molecule has 0 saturated carbocycles. The Kier molecular flexibility index (Phi) is 3.88. The smallest absolute Gasteiger partial charge is 0.367 e. The van der Waals surface area contributed by atoms with Gasteiger partial charge in [0.15, 0.2) is 5.75 Å². The first kappa shape index (κ1) is 14.5. The van der Waals surface area contributed by atoms with Gasteiger partial charge in [-0.15, -0.1) is 0 Å². The Morgan fingerprint density at radius 3 is 2.76 bits per heavy atom. The highest BCUT2D eigenvalue weighted by Crippen LogP contribution is 2.37. The zero-order valence-corrected chi connectivity index (χ0v) is 11.3. The maximum absolute atomic E-state index is 11.5. The minimum Gasteiger partial charge on any atom is -0.500 e. The molecule has 0 spiro atoms. The number of aromatic hydroxyl groups is 1. The summed E-state index contributed by atoms with van der Waals surface area (Å²) < 4.78 is 5.16. The van der Waals surface area contributed by atoms with Crippen LogP contribution < -0.4 is 4.74 Å². The molecule has 1 aromatic rings. The third-order valence-electron chi connectivity index (χ3n) is 2.76. The quantitative estimate of drug-likeness (QED) is 0.393. The average Bonchev–Trinajstić information content (AvgIpc) is 2.74. The van der Waals surface area contributed by atoms with Crippen LogP contribution in [0.1, 0.15) is 19.4 Å². The van der Waals surface area contributed by atoms with Crippen molar-refractivity contribution >= 4 is 23.4 Å². The van der Waals surface area contributed by atoms with Crippen molar-refractivity contribution in [1.29, 1.82) is 0 Å². The first-order valence-corrected chi connectivity index (χ1v) is 6.06. The highest BCUT2D eigenvalue weighted by molar-refractivity contribution is 6.24. The summed E-state index contributed by atoms with van der Waals surface area (Å²) in [6, 6.07) is 2.54. The molecular formula is C13H12N2O6. The number of nitrogens with zero attached hydrogens (tertiary/aromatic N) is 2. The molecule has 1 aliphatic rings. The van der Waals surface area contributed by atoms with Crippen molar-refractivity contribution < 1.29 is 24.4 Å². The second-order valence-corrected chi connectivity index (χ2v) is 4.19. The van der Waals surface area contributed by atoms with E-state index in [0.29, 0.717) is 11.3 Å². The molecule has 0 radical (unpaired) electrons. The van der Waals surface area contributed by atoms with Gasteiger partial charge in [0.25, 0.3) is 0 Å². The average molecular weight is 292 g/mol. The summed E-state index contributed by atoms with van der Waals surface area (Å²) in [7, 11) is 0. The largest absolute Gasteiger partial charge is 0.500 e. The molecule has 0 amide bonds. The van der Waals surface area contributed by atoms with Crippen LogP contribution in [0.25, 0.3) is 6.08 Å². The molecule has 0 unspecified atom stereocenters. The zero-order chi connectivity index (χ0) is 15.6. The number of phenols is 1. The van der Waals surface area contributed by atoms with E-state index in [1.807, 2.05) is 0 Å². The van der Waals surface area contributed by atoms with Crippen molar-refractivity contribution in [1.82, 2.24) is 0 Å². The Bertz CT molecular complexity index is 677. The van der Waals surface area contributed by atoms with Gasteiger partial charge in [-0.1, -0.05) is 5.16 Å². The minimum atomic E-state index is -0.728. The maximum Gasteiger partial charge on any atom is 0.367 e. The Labute approximate surface area is 119 Å². The van der Waals surface area contributed by atoms with Crippen LogP contribution in [0.3, 0.4) is 0 Å². The molecule has 0 aromatic heterocycles. The summed E-state index contributed by atoms with van der Waals surface area (Å²) in [6.07, 6.45) is 1.39. The van der Waals surface area contributed by atoms with Gasteiger partial charge < -0.3 is 14.7 Å². The molecule has 0 saturated heterocycles. The molecular weight excluding hydrogens is 280 g/mol. The predicted octanol–water partition coefficient (Wildman–Crippen LogP) is 2.02. The summed E-state index contributed by atoms with van der Waals surface area (Å²) >= 11 is 0. The SMILES string of the molecule is CCOc1cc(/C=C2/C(=O)ON=C2C)cc([N+](=O)[O-])c1O. The van der Waals surface area contributed by atoms with E-state index >= 15 is 0 Å². The van der Waals surface area contributed by atoms with Gasteiger partial charge >= 0.3 is 11.7 Å². The van der Waals surface area contributed by atoms with E-state index in [-0.39, 0.29) is 17.9 Å². The molecule has 0 atom stereocenters. The monoisotopic (exact) mass is 292 g/mol. The highest BCUT2D eigenvalue weighted by Gasteiger charge is 2.24. The summed E-state index contributed by atoms with van der Waals surface area (Å²) in [5, 5.41) is 24.2. The fourth-order valence-corrected chi connectivity index (χ4v) is 1.79. The van der Waals surface area contributed by atoms with E-state index < -0.39 is 22.3 Å². The van der Waals surface area contributed by atoms with Gasteiger partial charge in [-0.05, 0) is 31.6 Å². The zero-order valence-electron chi connectivity index (χ0n) is 11.3. The minimum absolute atomic E-state index is 0.0282. The Hall–Kier alpha value is -2.90. The summed E-state index contributed by atoms with van der Waals surface area (Å²) in [5.41, 5.74) is 0.381. The van der Waals surface area contributed by atoms with Crippen LogP contribution in [0.15, 0.2) is 22.9 Å². The fourth-order valence-electron chi connectivity index (χ4n) is 1.79. The first-order chi connectivity index (χ1) is 9.93. The van der Waals surface area contributed by atoms with Crippen molar-refractivity contribution in [3.63, 3.8) is 0 Å². The molecule has 0 fully saturated rings. The molecule has 1 aromatic carbocycles. The van der Waals surface area contributed by atoms with Gasteiger partial charge in [-0.3, -0.25) is 10.1 Å². The number of rotatable bonds is 4. The maximum atomic E-state index is 11.5. The summed E-state index contributed by atoms with van der Waals surface area (Å²) in [4.78, 5) is 26.2. The number of carbonyl (C=O) groups excluding carboxylic acids is 1. The lowest BCUT2D eigenvalue weighted by atomic mass is 10.1. The molecule has 110 valence electrons. The lowest BCUT2D eigenvalue weighted by Gasteiger charge is -2.07. The number of hydrogen-bond donors (Lipinski definition) is 1. The topological polar surface area (TPSA) is 111 Å². The third kappa shape index (κ3) is 2.83. The Morgan fingerprint density at radius 2 is 2.24 bits per heavy atom. The van der Waals surface area contributed by atoms with Gasteiger partial charge in [0.05, 0.1) is 22.8 Å². The number of oxime groups is 1. The van der Waals surface area contributed by atoms with Gasteiger partial charge in [0.2, 0.25) is 5.75 Å². The number of benzene rings is 1. The number of nitro groups is 1. The summed E-state index contributed by atoms with van der Waals surface area (Å²) in [5.74, 6) is -1.22. The van der Waals surface area contributed by atoms with E-state index in [1.165, 1.54) is 12.1 Å². The number of nitro benzene ring substituents is 1. The van der Waals surface area contributed by atoms with Crippen molar-refractivity contribution in [2.45, 2.75) is 13.8 Å². The lowest BCUT2D eigenvalue weighted by molar-refractivity contribution is -0.386. The van der Waals surface area contributed by atoms with E-state index in [9.17, 15) is 20.0 Å². The second kappa shape index (κ2) is 5.61. The summed E-state index contributed by atoms with van der Waals surface area (Å²) in [6.45, 7) is 3.49. The van der Waals surface area contributed by atoms with E-state index in [1.54, 1.807) is 13.8 Å². The molecule has 1 N–H and O–H groups in total. The highest BCUT2D eigenvalue weighted by atomic mass is 16.7. The van der Waals surface area contributed by atoms with E-state index in [4.69, 9.17) is 4.74 Å². The molecule has 21 heavy (non-hydrogen) atoms. The molecule has 1 aliphatic heterocycles. The first-order valence-electron chi connectivity index (χ1n) is 6.06. The van der Waals surface area contributed by atoms with Gasteiger partial charge in [-0.25, -0.2) is 4.79 Å². The van der Waals surface area contributed by atoms with Crippen LogP contribution in [0.2, 0.25) is 0 Å². The van der Waals surface area contributed by atoms with Crippen LogP contribution in [0.4, 0.5) is 5.69 Å². The van der Waals surface area contributed by atoms with Crippen molar-refractivity contribution in [3.8, 4) is 11.5 Å². The number of carbonyl (C=O) groups is 1. The van der Waals surface area contributed by atoms with Crippen molar-refractivity contribution in [2.24, 2.45) is 5.16 Å². The number of hydrogen-bond acceptors (Lipinski definition) is 7. The predicted molar refractivity (Wildman–Crippen MR) is 73.1 cm³/mol. The van der Waals surface area contributed by atoms with Crippen LogP contribution in [-0.2, 0) is 9.63 Å². The second-order valence-electron chi connectivity index (χ2n) is 4.19. The van der Waals surface area contributed by atoms with Crippen molar-refractivity contribution in [3.05, 3.63) is 33.4 Å². The molecule has 1 heterocycles. The van der Waals surface area contributed by atoms with Crippen LogP contribution in [0, 0.1) is 10.1 Å². The van der Waals surface area contributed by atoms with Gasteiger partial charge in [-0.2, -0.15) is 0 Å². The lowest BCUT2D eigenvalue weighted by Crippen LogP contribution is -2.02. The Balaban J connectivity index is 2.54. The molecule has 0 bridgehead atoms. The molecule has 2 rings (SSSR count). The standard InChI is InChI=1S/C13H12N2O6/c1-3-20-11-6-8(5-10(12(11)16)15(18)19)4-9-7(2)14-21-13(9)17/h4-6,16H,3H2,1-2H3/b9-4+. The van der Waals surface area contributed by atoms with Crippen molar-refractivity contribution in [2.75, 3.05) is 6.61 Å².